The Labute approximate surface area is 150 Å². The number of imidazole rings is 1. The normalized spacial score (nSPS) is 15.7. The van der Waals surface area contributed by atoms with Crippen LogP contribution in [0.15, 0.2) is 30.6 Å². The highest BCUT2D eigenvalue weighted by Gasteiger charge is 2.25. The number of ether oxygens (including phenoxy) is 1. The van der Waals surface area contributed by atoms with E-state index in [4.69, 9.17) is 9.84 Å². The zero-order valence-corrected chi connectivity index (χ0v) is 14.4. The highest BCUT2D eigenvalue weighted by molar-refractivity contribution is 5.92. The van der Waals surface area contributed by atoms with E-state index in [1.54, 1.807) is 24.5 Å². The van der Waals surface area contributed by atoms with Crippen molar-refractivity contribution in [3.63, 3.8) is 0 Å². The zero-order valence-electron chi connectivity index (χ0n) is 14.4. The van der Waals surface area contributed by atoms with E-state index in [1.807, 2.05) is 18.0 Å². The van der Waals surface area contributed by atoms with Crippen LogP contribution in [0.2, 0.25) is 0 Å². The second-order valence-electron chi connectivity index (χ2n) is 6.06. The van der Waals surface area contributed by atoms with E-state index >= 15 is 0 Å². The van der Waals surface area contributed by atoms with Crippen LogP contribution in [0.25, 0.3) is 0 Å². The highest BCUT2D eigenvalue weighted by atomic mass is 16.5. The zero-order chi connectivity index (χ0) is 18.5. The number of rotatable bonds is 7. The number of aromatic amines is 1. The van der Waals surface area contributed by atoms with Crippen molar-refractivity contribution >= 4 is 29.2 Å². The largest absolute Gasteiger partial charge is 0.486 e. The molecule has 0 fully saturated rings. The van der Waals surface area contributed by atoms with Crippen molar-refractivity contribution in [3.8, 4) is 5.75 Å². The first kappa shape index (κ1) is 17.6. The lowest BCUT2D eigenvalue weighted by molar-refractivity contribution is -0.138. The van der Waals surface area contributed by atoms with Gasteiger partial charge in [-0.05, 0) is 18.2 Å². The third-order valence-electron chi connectivity index (χ3n) is 3.97. The van der Waals surface area contributed by atoms with Crippen LogP contribution in [0.1, 0.15) is 12.8 Å². The molecule has 3 rings (SSSR count). The van der Waals surface area contributed by atoms with Crippen molar-refractivity contribution < 1.29 is 19.4 Å². The van der Waals surface area contributed by atoms with E-state index in [-0.39, 0.29) is 12.3 Å². The van der Waals surface area contributed by atoms with Gasteiger partial charge in [0.1, 0.15) is 11.9 Å². The summed E-state index contributed by atoms with van der Waals surface area (Å²) in [7, 11) is 1.87. The third-order valence-corrected chi connectivity index (χ3v) is 3.97. The molecule has 0 aliphatic carbocycles. The van der Waals surface area contributed by atoms with Crippen molar-refractivity contribution in [3.05, 3.63) is 30.6 Å². The molecule has 2 heterocycles. The summed E-state index contributed by atoms with van der Waals surface area (Å²) in [4.78, 5) is 31.8. The van der Waals surface area contributed by atoms with Gasteiger partial charge in [-0.1, -0.05) is 0 Å². The van der Waals surface area contributed by atoms with Crippen LogP contribution < -0.4 is 20.3 Å². The summed E-state index contributed by atoms with van der Waals surface area (Å²) in [6.45, 7) is 0.938. The molecule has 2 aromatic rings. The van der Waals surface area contributed by atoms with E-state index in [2.05, 4.69) is 20.6 Å². The Morgan fingerprint density at radius 1 is 1.46 bits per heavy atom. The molecular formula is C17H21N5O4. The molecule has 1 unspecified atom stereocenters. The van der Waals surface area contributed by atoms with Gasteiger partial charge in [0.25, 0.3) is 0 Å². The summed E-state index contributed by atoms with van der Waals surface area (Å²) in [5.74, 6) is 0.231. The van der Waals surface area contributed by atoms with Crippen LogP contribution in [-0.4, -0.2) is 53.2 Å². The molecule has 0 saturated heterocycles. The number of amides is 1. The molecule has 4 N–H and O–H groups in total. The molecule has 9 heteroatoms. The molecule has 26 heavy (non-hydrogen) atoms. The minimum absolute atomic E-state index is 0.0507. The molecule has 1 atom stereocenters. The van der Waals surface area contributed by atoms with E-state index < -0.39 is 12.1 Å². The summed E-state index contributed by atoms with van der Waals surface area (Å²) >= 11 is 0. The van der Waals surface area contributed by atoms with Gasteiger partial charge in [-0.15, -0.1) is 0 Å². The van der Waals surface area contributed by atoms with Gasteiger partial charge < -0.3 is 30.4 Å². The number of nitrogens with zero attached hydrogens (tertiary/aromatic N) is 2. The number of hydrogen-bond acceptors (Lipinski definition) is 6. The second kappa shape index (κ2) is 7.77. The number of nitrogens with one attached hydrogen (secondary N) is 3. The Balaban J connectivity index is 1.56. The maximum absolute atomic E-state index is 12.1. The number of benzene rings is 1. The average molecular weight is 359 g/mol. The van der Waals surface area contributed by atoms with Crippen molar-refractivity contribution in [1.82, 2.24) is 9.97 Å². The molecule has 0 spiro atoms. The number of carboxylic acid groups (broad SMARTS) is 1. The molecule has 0 bridgehead atoms. The van der Waals surface area contributed by atoms with Crippen molar-refractivity contribution in [2.75, 3.05) is 35.7 Å². The Morgan fingerprint density at radius 2 is 2.31 bits per heavy atom. The van der Waals surface area contributed by atoms with Gasteiger partial charge in [-0.2, -0.15) is 0 Å². The van der Waals surface area contributed by atoms with E-state index in [0.717, 1.165) is 5.69 Å². The predicted octanol–water partition coefficient (Wildman–Crippen LogP) is 1.52. The first-order valence-electron chi connectivity index (χ1n) is 8.28. The van der Waals surface area contributed by atoms with Crippen molar-refractivity contribution in [2.45, 2.75) is 18.9 Å². The number of likely N-dealkylation sites (N-methyl/N-ethyl adjacent to an activating group) is 1. The van der Waals surface area contributed by atoms with E-state index in [9.17, 15) is 9.59 Å². The van der Waals surface area contributed by atoms with Gasteiger partial charge in [0.2, 0.25) is 5.91 Å². The summed E-state index contributed by atoms with van der Waals surface area (Å²) in [5, 5.41) is 14.8. The van der Waals surface area contributed by atoms with E-state index in [0.29, 0.717) is 36.9 Å². The summed E-state index contributed by atoms with van der Waals surface area (Å²) < 4.78 is 5.72. The fourth-order valence-corrected chi connectivity index (χ4v) is 2.79. The fraction of sp³-hybridized carbons (Fsp3) is 0.353. The number of H-pyrrole nitrogens is 1. The number of aromatic nitrogens is 2. The maximum Gasteiger partial charge on any atom is 0.307 e. The lowest BCUT2D eigenvalue weighted by Crippen LogP contribution is -2.39. The number of fused-ring (bicyclic) bond motifs is 1. The Morgan fingerprint density at radius 3 is 3.04 bits per heavy atom. The van der Waals surface area contributed by atoms with Gasteiger partial charge in [-0.25, -0.2) is 4.98 Å². The van der Waals surface area contributed by atoms with Gasteiger partial charge in [0, 0.05) is 38.1 Å². The molecule has 0 radical (unpaired) electrons. The SMILES string of the molecule is CN1CC(CC(=O)O)Oc2ccc(NC(=O)CCNc3ncc[nH]3)cc21. The monoisotopic (exact) mass is 359 g/mol. The summed E-state index contributed by atoms with van der Waals surface area (Å²) in [6.07, 6.45) is 3.19. The Bertz CT molecular complexity index is 777. The Hall–Kier alpha value is -3.23. The predicted molar refractivity (Wildman–Crippen MR) is 96.7 cm³/mol. The van der Waals surface area contributed by atoms with Gasteiger partial charge >= 0.3 is 5.97 Å². The molecule has 1 aliphatic heterocycles. The summed E-state index contributed by atoms with van der Waals surface area (Å²) in [5.41, 5.74) is 1.48. The molecule has 138 valence electrons. The standard InChI is InChI=1S/C17H21N5O4/c1-22-10-12(9-16(24)25)26-14-3-2-11(8-13(14)22)21-15(23)4-5-18-17-19-6-7-20-17/h2-3,6-8,12H,4-5,9-10H2,1H3,(H,21,23)(H,24,25)(H2,18,19,20). The topological polar surface area (TPSA) is 120 Å². The van der Waals surface area contributed by atoms with Crippen LogP contribution in [0.5, 0.6) is 5.75 Å². The smallest absolute Gasteiger partial charge is 0.307 e. The number of carbonyl (C=O) groups excluding carboxylic acids is 1. The highest BCUT2D eigenvalue weighted by Crippen LogP contribution is 2.35. The molecule has 1 aromatic carbocycles. The minimum Gasteiger partial charge on any atom is -0.486 e. The lowest BCUT2D eigenvalue weighted by atomic mass is 10.1. The lowest BCUT2D eigenvalue weighted by Gasteiger charge is -2.33. The Kier molecular flexibility index (Phi) is 5.26. The van der Waals surface area contributed by atoms with Gasteiger partial charge in [0.05, 0.1) is 18.7 Å². The number of hydrogen-bond donors (Lipinski definition) is 4. The summed E-state index contributed by atoms with van der Waals surface area (Å²) in [6, 6.07) is 5.31. The first-order chi connectivity index (χ1) is 12.5. The van der Waals surface area contributed by atoms with Gasteiger partial charge in [0.15, 0.2) is 5.95 Å². The molecule has 1 aromatic heterocycles. The van der Waals surface area contributed by atoms with Crippen LogP contribution >= 0.6 is 0 Å². The average Bonchev–Trinajstić information content (AvgIpc) is 3.08. The molecule has 9 nitrogen and oxygen atoms in total. The number of carboxylic acids is 1. The molecular weight excluding hydrogens is 338 g/mol. The van der Waals surface area contributed by atoms with Crippen LogP contribution in [0, 0.1) is 0 Å². The van der Waals surface area contributed by atoms with Gasteiger partial charge in [-0.3, -0.25) is 9.59 Å². The number of anilines is 3. The quantitative estimate of drug-likeness (QED) is 0.592. The van der Waals surface area contributed by atoms with Crippen LogP contribution in [-0.2, 0) is 9.59 Å². The molecule has 0 saturated carbocycles. The van der Waals surface area contributed by atoms with Crippen LogP contribution in [0.3, 0.4) is 0 Å². The van der Waals surface area contributed by atoms with E-state index in [1.165, 1.54) is 0 Å². The first-order valence-corrected chi connectivity index (χ1v) is 8.28. The number of aliphatic carboxylic acids is 1. The van der Waals surface area contributed by atoms with Crippen molar-refractivity contribution in [2.24, 2.45) is 0 Å². The molecule has 1 aliphatic rings. The van der Waals surface area contributed by atoms with Crippen molar-refractivity contribution in [1.29, 1.82) is 0 Å². The number of carbonyl (C=O) groups is 2. The molecule has 1 amide bonds. The third kappa shape index (κ3) is 4.44. The maximum atomic E-state index is 12.1. The fourth-order valence-electron chi connectivity index (χ4n) is 2.79. The minimum atomic E-state index is -0.890. The second-order valence-corrected chi connectivity index (χ2v) is 6.06. The van der Waals surface area contributed by atoms with Crippen LogP contribution in [0.4, 0.5) is 17.3 Å².